The largest absolute Gasteiger partial charge is 0.376 e. The van der Waals surface area contributed by atoms with Crippen molar-refractivity contribution >= 4 is 17.4 Å². The van der Waals surface area contributed by atoms with E-state index in [1.807, 2.05) is 66.2 Å². The number of para-hydroxylation sites is 2. The van der Waals surface area contributed by atoms with Gasteiger partial charge in [0, 0.05) is 39.6 Å². The number of amides is 2. The standard InChI is InChI=1S/C20H23N5O/c1-24(2)19-9-4-3-8-18(19)23-20(26)22-13-16-6-5-7-17(12-16)14-25-11-10-21-15-25/h3-12,15H,13-14H2,1-2H3,(H2,22,23,26). The molecule has 0 spiro atoms. The number of rotatable bonds is 6. The van der Waals surface area contributed by atoms with Crippen LogP contribution in [-0.4, -0.2) is 29.7 Å². The van der Waals surface area contributed by atoms with E-state index in [0.29, 0.717) is 6.54 Å². The third-order valence-corrected chi connectivity index (χ3v) is 4.00. The lowest BCUT2D eigenvalue weighted by atomic mass is 10.1. The molecule has 26 heavy (non-hydrogen) atoms. The summed E-state index contributed by atoms with van der Waals surface area (Å²) in [4.78, 5) is 18.3. The highest BCUT2D eigenvalue weighted by Crippen LogP contribution is 2.23. The Morgan fingerprint density at radius 1 is 1.12 bits per heavy atom. The van der Waals surface area contributed by atoms with Gasteiger partial charge in [0.25, 0.3) is 0 Å². The van der Waals surface area contributed by atoms with Crippen molar-refractivity contribution < 1.29 is 4.79 Å². The van der Waals surface area contributed by atoms with Gasteiger partial charge in [-0.15, -0.1) is 0 Å². The fourth-order valence-corrected chi connectivity index (χ4v) is 2.75. The Morgan fingerprint density at radius 2 is 1.92 bits per heavy atom. The molecular formula is C20H23N5O. The van der Waals surface area contributed by atoms with Crippen LogP contribution in [0.3, 0.4) is 0 Å². The van der Waals surface area contributed by atoms with E-state index in [1.54, 1.807) is 12.5 Å². The van der Waals surface area contributed by atoms with Gasteiger partial charge in [-0.25, -0.2) is 9.78 Å². The van der Waals surface area contributed by atoms with Crippen LogP contribution < -0.4 is 15.5 Å². The Kier molecular flexibility index (Phi) is 5.53. The van der Waals surface area contributed by atoms with Gasteiger partial charge in [-0.2, -0.15) is 0 Å². The fourth-order valence-electron chi connectivity index (χ4n) is 2.75. The van der Waals surface area contributed by atoms with Gasteiger partial charge in [0.1, 0.15) is 0 Å². The molecule has 0 saturated carbocycles. The molecule has 0 radical (unpaired) electrons. The maximum Gasteiger partial charge on any atom is 0.319 e. The van der Waals surface area contributed by atoms with Crippen molar-refractivity contribution in [1.29, 1.82) is 0 Å². The van der Waals surface area contributed by atoms with Crippen LogP contribution in [-0.2, 0) is 13.1 Å². The van der Waals surface area contributed by atoms with Crippen LogP contribution in [0.25, 0.3) is 0 Å². The number of hydrogen-bond acceptors (Lipinski definition) is 3. The summed E-state index contributed by atoms with van der Waals surface area (Å²) < 4.78 is 2.01. The van der Waals surface area contributed by atoms with Gasteiger partial charge in [-0.3, -0.25) is 0 Å². The monoisotopic (exact) mass is 349 g/mol. The van der Waals surface area contributed by atoms with Gasteiger partial charge in [-0.05, 0) is 23.3 Å². The average molecular weight is 349 g/mol. The van der Waals surface area contributed by atoms with Gasteiger partial charge in [0.15, 0.2) is 0 Å². The minimum atomic E-state index is -0.223. The summed E-state index contributed by atoms with van der Waals surface area (Å²) in [6, 6.07) is 15.7. The molecule has 1 heterocycles. The molecule has 0 unspecified atom stereocenters. The highest BCUT2D eigenvalue weighted by molar-refractivity contribution is 5.93. The molecule has 1 aromatic heterocycles. The summed E-state index contributed by atoms with van der Waals surface area (Å²) in [7, 11) is 3.90. The van der Waals surface area contributed by atoms with Crippen LogP contribution in [0, 0.1) is 0 Å². The second kappa shape index (κ2) is 8.20. The number of nitrogens with zero attached hydrogens (tertiary/aromatic N) is 3. The minimum absolute atomic E-state index is 0.223. The second-order valence-corrected chi connectivity index (χ2v) is 6.27. The molecular weight excluding hydrogens is 326 g/mol. The first kappa shape index (κ1) is 17.5. The van der Waals surface area contributed by atoms with E-state index in [4.69, 9.17) is 0 Å². The highest BCUT2D eigenvalue weighted by Gasteiger charge is 2.07. The van der Waals surface area contributed by atoms with Crippen LogP contribution >= 0.6 is 0 Å². The van der Waals surface area contributed by atoms with E-state index >= 15 is 0 Å². The summed E-state index contributed by atoms with van der Waals surface area (Å²) in [5.41, 5.74) is 3.97. The van der Waals surface area contributed by atoms with Crippen LogP contribution in [0.4, 0.5) is 16.2 Å². The molecule has 0 atom stereocenters. The molecule has 0 aliphatic rings. The molecule has 2 aromatic carbocycles. The lowest BCUT2D eigenvalue weighted by molar-refractivity contribution is 0.251. The first-order chi connectivity index (χ1) is 12.6. The third kappa shape index (κ3) is 4.63. The number of carbonyl (C=O) groups excluding carboxylic acids is 1. The molecule has 0 aliphatic heterocycles. The van der Waals surface area contributed by atoms with Crippen LogP contribution in [0.1, 0.15) is 11.1 Å². The zero-order chi connectivity index (χ0) is 18.4. The maximum absolute atomic E-state index is 12.2. The van der Waals surface area contributed by atoms with Crippen molar-refractivity contribution in [2.24, 2.45) is 0 Å². The Balaban J connectivity index is 1.58. The van der Waals surface area contributed by atoms with E-state index in [0.717, 1.165) is 23.5 Å². The van der Waals surface area contributed by atoms with Gasteiger partial charge in [0.05, 0.1) is 17.7 Å². The zero-order valence-electron chi connectivity index (χ0n) is 15.0. The molecule has 3 aromatic rings. The van der Waals surface area contributed by atoms with Crippen molar-refractivity contribution in [3.05, 3.63) is 78.4 Å². The van der Waals surface area contributed by atoms with Crippen molar-refractivity contribution in [3.63, 3.8) is 0 Å². The summed E-state index contributed by atoms with van der Waals surface area (Å²) in [6.07, 6.45) is 5.49. The van der Waals surface area contributed by atoms with Gasteiger partial charge >= 0.3 is 6.03 Å². The normalized spacial score (nSPS) is 10.4. The fraction of sp³-hybridized carbons (Fsp3) is 0.200. The van der Waals surface area contributed by atoms with E-state index in [9.17, 15) is 4.79 Å². The number of anilines is 2. The highest BCUT2D eigenvalue weighted by atomic mass is 16.2. The number of aromatic nitrogens is 2. The molecule has 0 saturated heterocycles. The Labute approximate surface area is 153 Å². The summed E-state index contributed by atoms with van der Waals surface area (Å²) in [5, 5.41) is 5.82. The lowest BCUT2D eigenvalue weighted by Gasteiger charge is -2.18. The summed E-state index contributed by atoms with van der Waals surface area (Å²) in [6.45, 7) is 1.23. The molecule has 3 rings (SSSR count). The van der Waals surface area contributed by atoms with E-state index in [-0.39, 0.29) is 6.03 Å². The second-order valence-electron chi connectivity index (χ2n) is 6.27. The Morgan fingerprint density at radius 3 is 2.69 bits per heavy atom. The average Bonchev–Trinajstić information content (AvgIpc) is 3.13. The number of nitrogens with one attached hydrogen (secondary N) is 2. The van der Waals surface area contributed by atoms with E-state index < -0.39 is 0 Å². The topological polar surface area (TPSA) is 62.2 Å². The van der Waals surface area contributed by atoms with Crippen LogP contribution in [0.2, 0.25) is 0 Å². The van der Waals surface area contributed by atoms with Gasteiger partial charge < -0.3 is 20.1 Å². The number of hydrogen-bond donors (Lipinski definition) is 2. The molecule has 0 bridgehead atoms. The predicted octanol–water partition coefficient (Wildman–Crippen LogP) is 3.32. The SMILES string of the molecule is CN(C)c1ccccc1NC(=O)NCc1cccc(Cn2ccnc2)c1. The summed E-state index contributed by atoms with van der Waals surface area (Å²) >= 11 is 0. The molecule has 0 fully saturated rings. The van der Waals surface area contributed by atoms with Crippen molar-refractivity contribution in [3.8, 4) is 0 Å². The Hall–Kier alpha value is -3.28. The van der Waals surface area contributed by atoms with Crippen molar-refractivity contribution in [2.45, 2.75) is 13.1 Å². The smallest absolute Gasteiger partial charge is 0.319 e. The van der Waals surface area contributed by atoms with E-state index in [1.165, 1.54) is 5.56 Å². The molecule has 2 amide bonds. The molecule has 0 aliphatic carbocycles. The van der Waals surface area contributed by atoms with Gasteiger partial charge in [-0.1, -0.05) is 36.4 Å². The van der Waals surface area contributed by atoms with E-state index in [2.05, 4.69) is 27.8 Å². The minimum Gasteiger partial charge on any atom is -0.376 e. The summed E-state index contributed by atoms with van der Waals surface area (Å²) in [5.74, 6) is 0. The van der Waals surface area contributed by atoms with Crippen LogP contribution in [0.15, 0.2) is 67.3 Å². The quantitative estimate of drug-likeness (QED) is 0.718. The number of carbonyl (C=O) groups is 1. The van der Waals surface area contributed by atoms with Crippen LogP contribution in [0.5, 0.6) is 0 Å². The first-order valence-corrected chi connectivity index (χ1v) is 8.46. The predicted molar refractivity (Wildman–Crippen MR) is 104 cm³/mol. The zero-order valence-corrected chi connectivity index (χ0v) is 15.0. The molecule has 134 valence electrons. The lowest BCUT2D eigenvalue weighted by Crippen LogP contribution is -2.29. The number of urea groups is 1. The molecule has 2 N–H and O–H groups in total. The number of benzene rings is 2. The maximum atomic E-state index is 12.2. The Bertz CT molecular complexity index is 858. The molecule has 6 nitrogen and oxygen atoms in total. The van der Waals surface area contributed by atoms with Crippen molar-refractivity contribution in [2.75, 3.05) is 24.3 Å². The first-order valence-electron chi connectivity index (χ1n) is 8.46. The van der Waals surface area contributed by atoms with Gasteiger partial charge in [0.2, 0.25) is 0 Å². The molecule has 6 heteroatoms. The number of imidazole rings is 1. The van der Waals surface area contributed by atoms with Crippen molar-refractivity contribution in [1.82, 2.24) is 14.9 Å². The third-order valence-electron chi connectivity index (χ3n) is 4.00.